The number of hydrazone groups is 1. The van der Waals surface area contributed by atoms with Gasteiger partial charge in [0.05, 0.1) is 11.1 Å². The lowest BCUT2D eigenvalue weighted by molar-refractivity contribution is -0.384. The second kappa shape index (κ2) is 10.7. The summed E-state index contributed by atoms with van der Waals surface area (Å²) in [6, 6.07) is 13.4. The number of hydrogen-bond donors (Lipinski definition) is 2. The van der Waals surface area contributed by atoms with Crippen LogP contribution in [0.15, 0.2) is 53.6 Å². The van der Waals surface area contributed by atoms with Gasteiger partial charge in [0, 0.05) is 35.9 Å². The van der Waals surface area contributed by atoms with E-state index in [0.29, 0.717) is 28.6 Å². The molecule has 1 fully saturated rings. The fraction of sp³-hybridized carbons (Fsp3) is 0.273. The minimum Gasteiger partial charge on any atom is -0.341 e. The number of non-ortho nitro benzene ring substituents is 1. The summed E-state index contributed by atoms with van der Waals surface area (Å²) in [5.74, 6) is 1.17. The maximum atomic E-state index is 10.9. The predicted octanol–water partition coefficient (Wildman–Crippen LogP) is 5.00. The molecular weight excluding hydrogens is 444 g/mol. The summed E-state index contributed by atoms with van der Waals surface area (Å²) in [5, 5.41) is 18.9. The van der Waals surface area contributed by atoms with Crippen LogP contribution in [0.3, 0.4) is 0 Å². The highest BCUT2D eigenvalue weighted by molar-refractivity contribution is 6.30. The SMILES string of the molecule is O=[N+]([O-])c1ccc(Nc2nc(NN=Cc3ccc(Cl)cc3)nc(N3CCCCCC3)n2)cc1. The molecule has 1 saturated heterocycles. The van der Waals surface area contributed by atoms with Crippen molar-refractivity contribution in [3.05, 3.63) is 69.2 Å². The summed E-state index contributed by atoms with van der Waals surface area (Å²) >= 11 is 5.92. The molecule has 10 nitrogen and oxygen atoms in total. The zero-order valence-corrected chi connectivity index (χ0v) is 18.6. The molecule has 33 heavy (non-hydrogen) atoms. The fourth-order valence-electron chi connectivity index (χ4n) is 3.39. The Kier molecular flexibility index (Phi) is 7.26. The van der Waals surface area contributed by atoms with Crippen LogP contribution in [-0.2, 0) is 0 Å². The standard InChI is InChI=1S/C22H23ClN8O2/c23-17-7-5-16(6-8-17)15-24-29-21-26-20(25-18-9-11-19(12-10-18)31(32)33)27-22(28-21)30-13-3-1-2-4-14-30/h5-12,15H,1-4,13-14H2,(H2,25,26,27,28,29). The van der Waals surface area contributed by atoms with Crippen molar-refractivity contribution in [1.82, 2.24) is 15.0 Å². The summed E-state index contributed by atoms with van der Waals surface area (Å²) in [6.07, 6.45) is 6.18. The highest BCUT2D eigenvalue weighted by Crippen LogP contribution is 2.22. The second-order valence-electron chi connectivity index (χ2n) is 7.53. The minimum absolute atomic E-state index is 0.0142. The number of nitro groups is 1. The van der Waals surface area contributed by atoms with Gasteiger partial charge in [-0.2, -0.15) is 20.1 Å². The molecule has 0 radical (unpaired) electrons. The molecule has 4 rings (SSSR count). The topological polar surface area (TPSA) is 121 Å². The molecule has 1 aliphatic rings. The van der Waals surface area contributed by atoms with Gasteiger partial charge in [-0.25, -0.2) is 5.43 Å². The second-order valence-corrected chi connectivity index (χ2v) is 7.97. The number of hydrogen-bond acceptors (Lipinski definition) is 9. The Labute approximate surface area is 195 Å². The molecule has 2 heterocycles. The van der Waals surface area contributed by atoms with Crippen LogP contribution in [0.25, 0.3) is 0 Å². The van der Waals surface area contributed by atoms with Crippen LogP contribution in [0.1, 0.15) is 31.2 Å². The Morgan fingerprint density at radius 3 is 2.27 bits per heavy atom. The number of nitrogens with one attached hydrogen (secondary N) is 2. The highest BCUT2D eigenvalue weighted by Gasteiger charge is 2.16. The predicted molar refractivity (Wildman–Crippen MR) is 130 cm³/mol. The zero-order chi connectivity index (χ0) is 23.0. The van der Waals surface area contributed by atoms with E-state index in [4.69, 9.17) is 11.6 Å². The lowest BCUT2D eigenvalue weighted by Crippen LogP contribution is -2.26. The van der Waals surface area contributed by atoms with E-state index in [1.807, 2.05) is 12.1 Å². The van der Waals surface area contributed by atoms with Crippen LogP contribution < -0.4 is 15.6 Å². The number of nitro benzene ring substituents is 1. The van der Waals surface area contributed by atoms with E-state index in [0.717, 1.165) is 31.5 Å². The van der Waals surface area contributed by atoms with Crippen molar-refractivity contribution in [1.29, 1.82) is 0 Å². The van der Waals surface area contributed by atoms with Gasteiger partial charge in [-0.3, -0.25) is 10.1 Å². The van der Waals surface area contributed by atoms with Crippen molar-refractivity contribution >= 4 is 47.0 Å². The molecule has 2 N–H and O–H groups in total. The van der Waals surface area contributed by atoms with Crippen LogP contribution in [-0.4, -0.2) is 39.2 Å². The molecule has 0 bridgehead atoms. The van der Waals surface area contributed by atoms with Gasteiger partial charge in [-0.05, 0) is 42.7 Å². The smallest absolute Gasteiger partial charge is 0.269 e. The van der Waals surface area contributed by atoms with E-state index in [2.05, 4.69) is 35.7 Å². The van der Waals surface area contributed by atoms with Crippen molar-refractivity contribution in [3.63, 3.8) is 0 Å². The van der Waals surface area contributed by atoms with Crippen molar-refractivity contribution in [2.24, 2.45) is 5.10 Å². The van der Waals surface area contributed by atoms with Crippen molar-refractivity contribution in [3.8, 4) is 0 Å². The monoisotopic (exact) mass is 466 g/mol. The molecule has 0 saturated carbocycles. The van der Waals surface area contributed by atoms with Gasteiger partial charge in [0.15, 0.2) is 0 Å². The van der Waals surface area contributed by atoms with E-state index in [1.54, 1.807) is 30.5 Å². The zero-order valence-electron chi connectivity index (χ0n) is 17.8. The molecule has 170 valence electrons. The number of halogens is 1. The number of nitrogens with zero attached hydrogens (tertiary/aromatic N) is 6. The van der Waals surface area contributed by atoms with Gasteiger partial charge in [-0.15, -0.1) is 0 Å². The molecule has 2 aromatic carbocycles. The molecule has 0 spiro atoms. The number of rotatable bonds is 7. The van der Waals surface area contributed by atoms with E-state index >= 15 is 0 Å². The average molecular weight is 467 g/mol. The van der Waals surface area contributed by atoms with E-state index in [-0.39, 0.29) is 5.69 Å². The first-order valence-electron chi connectivity index (χ1n) is 10.6. The van der Waals surface area contributed by atoms with E-state index in [1.165, 1.54) is 25.0 Å². The van der Waals surface area contributed by atoms with E-state index < -0.39 is 4.92 Å². The summed E-state index contributed by atoms with van der Waals surface area (Å²) in [4.78, 5) is 26.1. The van der Waals surface area contributed by atoms with Crippen LogP contribution in [0.4, 0.5) is 29.2 Å². The molecule has 0 amide bonds. The van der Waals surface area contributed by atoms with Gasteiger partial charge in [0.2, 0.25) is 17.8 Å². The molecule has 1 aromatic heterocycles. The number of benzene rings is 2. The Morgan fingerprint density at radius 2 is 1.61 bits per heavy atom. The van der Waals surface area contributed by atoms with Crippen molar-refractivity contribution < 1.29 is 4.92 Å². The highest BCUT2D eigenvalue weighted by atomic mass is 35.5. The van der Waals surface area contributed by atoms with Crippen LogP contribution >= 0.6 is 11.6 Å². The Morgan fingerprint density at radius 1 is 0.939 bits per heavy atom. The Bertz CT molecular complexity index is 1110. The fourth-order valence-corrected chi connectivity index (χ4v) is 3.52. The van der Waals surface area contributed by atoms with E-state index in [9.17, 15) is 10.1 Å². The summed E-state index contributed by atoms with van der Waals surface area (Å²) in [5.41, 5.74) is 4.39. The van der Waals surface area contributed by atoms with Crippen LogP contribution in [0.5, 0.6) is 0 Å². The van der Waals surface area contributed by atoms with Crippen LogP contribution in [0, 0.1) is 10.1 Å². The maximum absolute atomic E-state index is 10.9. The molecular formula is C22H23ClN8O2. The minimum atomic E-state index is -0.440. The summed E-state index contributed by atoms with van der Waals surface area (Å²) < 4.78 is 0. The number of anilines is 4. The maximum Gasteiger partial charge on any atom is 0.269 e. The third kappa shape index (κ3) is 6.36. The van der Waals surface area contributed by atoms with Gasteiger partial charge in [-0.1, -0.05) is 36.6 Å². The van der Waals surface area contributed by atoms with Gasteiger partial charge >= 0.3 is 0 Å². The van der Waals surface area contributed by atoms with Gasteiger partial charge < -0.3 is 10.2 Å². The third-order valence-electron chi connectivity index (χ3n) is 5.09. The Balaban J connectivity index is 1.56. The van der Waals surface area contributed by atoms with Crippen LogP contribution in [0.2, 0.25) is 5.02 Å². The molecule has 11 heteroatoms. The third-order valence-corrected chi connectivity index (χ3v) is 5.35. The first kappa shape index (κ1) is 22.4. The lowest BCUT2D eigenvalue weighted by Gasteiger charge is -2.21. The van der Waals surface area contributed by atoms with Gasteiger partial charge in [0.25, 0.3) is 5.69 Å². The lowest BCUT2D eigenvalue weighted by atomic mass is 10.2. The van der Waals surface area contributed by atoms with Gasteiger partial charge in [0.1, 0.15) is 0 Å². The largest absolute Gasteiger partial charge is 0.341 e. The first-order chi connectivity index (χ1) is 16.1. The van der Waals surface area contributed by atoms with Crippen molar-refractivity contribution in [2.45, 2.75) is 25.7 Å². The van der Waals surface area contributed by atoms with Crippen molar-refractivity contribution in [2.75, 3.05) is 28.7 Å². The molecule has 1 aliphatic heterocycles. The summed E-state index contributed by atoms with van der Waals surface area (Å²) in [6.45, 7) is 1.74. The molecule has 0 atom stereocenters. The molecule has 0 aliphatic carbocycles. The quantitative estimate of drug-likeness (QED) is 0.283. The first-order valence-corrected chi connectivity index (χ1v) is 11.0. The molecule has 3 aromatic rings. The normalized spacial score (nSPS) is 14.2. The Hall–Kier alpha value is -3.79. The average Bonchev–Trinajstić information content (AvgIpc) is 3.10. The molecule has 0 unspecified atom stereocenters. The number of aromatic nitrogens is 3. The summed E-state index contributed by atoms with van der Waals surface area (Å²) in [7, 11) is 0.